The van der Waals surface area contributed by atoms with E-state index in [0.29, 0.717) is 24.5 Å². The van der Waals surface area contributed by atoms with Crippen LogP contribution in [0.1, 0.15) is 30.1 Å². The highest BCUT2D eigenvalue weighted by atomic mass is 16.5. The Morgan fingerprint density at radius 1 is 1.32 bits per heavy atom. The fourth-order valence-electron chi connectivity index (χ4n) is 2.15. The molecule has 6 heteroatoms. The van der Waals surface area contributed by atoms with E-state index < -0.39 is 5.97 Å². The third-order valence-electron chi connectivity index (χ3n) is 3.29. The first kappa shape index (κ1) is 16.3. The summed E-state index contributed by atoms with van der Waals surface area (Å²) in [5.41, 5.74) is 0.385. The molecule has 1 aromatic rings. The van der Waals surface area contributed by atoms with Gasteiger partial charge in [0.25, 0.3) is 5.91 Å². The monoisotopic (exact) mass is 307 g/mol. The summed E-state index contributed by atoms with van der Waals surface area (Å²) in [7, 11) is 0. The predicted octanol–water partition coefficient (Wildman–Crippen LogP) is 1.54. The first-order valence-corrected chi connectivity index (χ1v) is 7.47. The summed E-state index contributed by atoms with van der Waals surface area (Å²) in [6, 6.07) is 6.60. The highest BCUT2D eigenvalue weighted by Crippen LogP contribution is 2.13. The van der Waals surface area contributed by atoms with Crippen molar-refractivity contribution in [1.82, 2.24) is 5.32 Å². The molecular weight excluding hydrogens is 286 g/mol. The molecule has 0 aliphatic carbocycles. The average Bonchev–Trinajstić information content (AvgIpc) is 3.05. The summed E-state index contributed by atoms with van der Waals surface area (Å²) in [5, 5.41) is 2.70. The second kappa shape index (κ2) is 8.38. The normalized spacial score (nSPS) is 17.0. The number of carbonyl (C=O) groups excluding carboxylic acids is 2. The van der Waals surface area contributed by atoms with Crippen molar-refractivity contribution in [2.45, 2.75) is 25.9 Å². The number of hydrogen-bond acceptors (Lipinski definition) is 5. The smallest absolute Gasteiger partial charge is 0.338 e. The van der Waals surface area contributed by atoms with Crippen molar-refractivity contribution in [3.8, 4) is 5.75 Å². The Morgan fingerprint density at radius 3 is 2.73 bits per heavy atom. The molecule has 2 rings (SSSR count). The molecule has 0 aromatic heterocycles. The lowest BCUT2D eigenvalue weighted by molar-refractivity contribution is -0.124. The Labute approximate surface area is 129 Å². The Hall–Kier alpha value is -2.08. The van der Waals surface area contributed by atoms with Crippen LogP contribution in [-0.2, 0) is 14.3 Å². The molecule has 1 aliphatic rings. The largest absolute Gasteiger partial charge is 0.494 e. The summed E-state index contributed by atoms with van der Waals surface area (Å²) < 4.78 is 15.7. The van der Waals surface area contributed by atoms with Gasteiger partial charge >= 0.3 is 5.97 Å². The maximum Gasteiger partial charge on any atom is 0.338 e. The maximum atomic E-state index is 11.8. The SMILES string of the molecule is CCOc1ccc(C(=O)OCC(=O)NC[C@@H]2CCCO2)cc1. The van der Waals surface area contributed by atoms with Gasteiger partial charge in [-0.2, -0.15) is 0 Å². The molecule has 1 aromatic carbocycles. The molecule has 120 valence electrons. The number of nitrogens with one attached hydrogen (secondary N) is 1. The summed E-state index contributed by atoms with van der Waals surface area (Å²) in [5.74, 6) is -0.168. The van der Waals surface area contributed by atoms with Gasteiger partial charge in [0.15, 0.2) is 6.61 Å². The molecule has 0 spiro atoms. The lowest BCUT2D eigenvalue weighted by atomic mass is 10.2. The molecule has 1 fully saturated rings. The molecule has 0 saturated carbocycles. The Bertz CT molecular complexity index is 494. The number of hydrogen-bond donors (Lipinski definition) is 1. The number of carbonyl (C=O) groups is 2. The zero-order valence-corrected chi connectivity index (χ0v) is 12.7. The highest BCUT2D eigenvalue weighted by molar-refractivity contribution is 5.91. The van der Waals surface area contributed by atoms with Gasteiger partial charge in [-0.1, -0.05) is 0 Å². The van der Waals surface area contributed by atoms with Gasteiger partial charge in [0, 0.05) is 13.2 Å². The van der Waals surface area contributed by atoms with E-state index in [0.717, 1.165) is 19.4 Å². The molecule has 1 N–H and O–H groups in total. The molecule has 1 saturated heterocycles. The summed E-state index contributed by atoms with van der Waals surface area (Å²) in [4.78, 5) is 23.4. The Kier molecular flexibility index (Phi) is 6.21. The fourth-order valence-corrected chi connectivity index (χ4v) is 2.15. The van der Waals surface area contributed by atoms with Gasteiger partial charge in [0.1, 0.15) is 5.75 Å². The van der Waals surface area contributed by atoms with Crippen molar-refractivity contribution in [2.75, 3.05) is 26.4 Å². The van der Waals surface area contributed by atoms with E-state index in [1.165, 1.54) is 0 Å². The van der Waals surface area contributed by atoms with E-state index in [1.807, 2.05) is 6.92 Å². The molecule has 22 heavy (non-hydrogen) atoms. The van der Waals surface area contributed by atoms with Crippen molar-refractivity contribution < 1.29 is 23.8 Å². The number of ether oxygens (including phenoxy) is 3. The lowest BCUT2D eigenvalue weighted by Crippen LogP contribution is -2.34. The zero-order chi connectivity index (χ0) is 15.8. The predicted molar refractivity (Wildman–Crippen MR) is 79.9 cm³/mol. The second-order valence-corrected chi connectivity index (χ2v) is 4.97. The first-order chi connectivity index (χ1) is 10.7. The van der Waals surface area contributed by atoms with Gasteiger partial charge in [-0.25, -0.2) is 4.79 Å². The molecular formula is C16H21NO5. The van der Waals surface area contributed by atoms with Crippen LogP contribution in [0, 0.1) is 0 Å². The second-order valence-electron chi connectivity index (χ2n) is 4.97. The highest BCUT2D eigenvalue weighted by Gasteiger charge is 2.17. The molecule has 1 aliphatic heterocycles. The van der Waals surface area contributed by atoms with E-state index >= 15 is 0 Å². The Morgan fingerprint density at radius 2 is 2.09 bits per heavy atom. The van der Waals surface area contributed by atoms with Crippen molar-refractivity contribution in [2.24, 2.45) is 0 Å². The Balaban J connectivity index is 1.70. The van der Waals surface area contributed by atoms with Gasteiger partial charge in [-0.3, -0.25) is 4.79 Å². The van der Waals surface area contributed by atoms with Gasteiger partial charge < -0.3 is 19.5 Å². The van der Waals surface area contributed by atoms with Crippen LogP contribution in [0.5, 0.6) is 5.75 Å². The molecule has 1 heterocycles. The van der Waals surface area contributed by atoms with Crippen LogP contribution in [0.3, 0.4) is 0 Å². The molecule has 1 atom stereocenters. The summed E-state index contributed by atoms with van der Waals surface area (Å²) in [6.45, 7) is 3.36. The van der Waals surface area contributed by atoms with Crippen molar-refractivity contribution in [3.63, 3.8) is 0 Å². The molecule has 0 radical (unpaired) electrons. The van der Waals surface area contributed by atoms with Gasteiger partial charge in [0.2, 0.25) is 0 Å². The van der Waals surface area contributed by atoms with Gasteiger partial charge in [-0.05, 0) is 44.0 Å². The number of rotatable bonds is 7. The average molecular weight is 307 g/mol. The van der Waals surface area contributed by atoms with Crippen LogP contribution in [0.25, 0.3) is 0 Å². The minimum absolute atomic E-state index is 0.0748. The van der Waals surface area contributed by atoms with Gasteiger partial charge in [0.05, 0.1) is 18.3 Å². The van der Waals surface area contributed by atoms with E-state index in [1.54, 1.807) is 24.3 Å². The van der Waals surface area contributed by atoms with Crippen molar-refractivity contribution >= 4 is 11.9 Å². The zero-order valence-electron chi connectivity index (χ0n) is 12.7. The fraction of sp³-hybridized carbons (Fsp3) is 0.500. The van der Waals surface area contributed by atoms with Crippen LogP contribution in [-0.4, -0.2) is 44.3 Å². The molecule has 0 bridgehead atoms. The van der Waals surface area contributed by atoms with E-state index in [2.05, 4.69) is 5.32 Å². The third-order valence-corrected chi connectivity index (χ3v) is 3.29. The lowest BCUT2D eigenvalue weighted by Gasteiger charge is -2.11. The van der Waals surface area contributed by atoms with E-state index in [-0.39, 0.29) is 18.6 Å². The van der Waals surface area contributed by atoms with Gasteiger partial charge in [-0.15, -0.1) is 0 Å². The van der Waals surface area contributed by atoms with Crippen LogP contribution >= 0.6 is 0 Å². The minimum Gasteiger partial charge on any atom is -0.494 e. The molecule has 1 amide bonds. The number of esters is 1. The van der Waals surface area contributed by atoms with Crippen LogP contribution in [0.4, 0.5) is 0 Å². The van der Waals surface area contributed by atoms with E-state index in [4.69, 9.17) is 14.2 Å². The van der Waals surface area contributed by atoms with Crippen molar-refractivity contribution in [3.05, 3.63) is 29.8 Å². The summed E-state index contributed by atoms with van der Waals surface area (Å²) in [6.07, 6.45) is 2.05. The first-order valence-electron chi connectivity index (χ1n) is 7.47. The van der Waals surface area contributed by atoms with Crippen LogP contribution < -0.4 is 10.1 Å². The summed E-state index contributed by atoms with van der Waals surface area (Å²) >= 11 is 0. The maximum absolute atomic E-state index is 11.8. The standard InChI is InChI=1S/C16H21NO5/c1-2-20-13-7-5-12(6-8-13)16(19)22-11-15(18)17-10-14-4-3-9-21-14/h5-8,14H,2-4,9-11H2,1H3,(H,17,18)/t14-/m0/s1. The van der Waals surface area contributed by atoms with Crippen molar-refractivity contribution in [1.29, 1.82) is 0 Å². The van der Waals surface area contributed by atoms with Crippen LogP contribution in [0.2, 0.25) is 0 Å². The quantitative estimate of drug-likeness (QED) is 0.773. The number of amides is 1. The molecule has 6 nitrogen and oxygen atoms in total. The topological polar surface area (TPSA) is 73.9 Å². The number of benzene rings is 1. The van der Waals surface area contributed by atoms with Crippen LogP contribution in [0.15, 0.2) is 24.3 Å². The third kappa shape index (κ3) is 5.04. The molecule has 0 unspecified atom stereocenters. The van der Waals surface area contributed by atoms with E-state index in [9.17, 15) is 9.59 Å². The minimum atomic E-state index is -0.532.